The van der Waals surface area contributed by atoms with Crippen molar-refractivity contribution in [2.24, 2.45) is 0 Å². The Hall–Kier alpha value is -0.510. The summed E-state index contributed by atoms with van der Waals surface area (Å²) in [7, 11) is 1.38. The highest BCUT2D eigenvalue weighted by Crippen LogP contribution is 2.26. The maximum absolute atomic E-state index is 11.2. The van der Waals surface area contributed by atoms with Crippen LogP contribution in [0.3, 0.4) is 0 Å². The second kappa shape index (κ2) is 5.27. The number of carbonyl (C=O) groups excluding carboxylic acids is 2. The van der Waals surface area contributed by atoms with E-state index in [1.807, 2.05) is 0 Å². The van der Waals surface area contributed by atoms with E-state index in [4.69, 9.17) is 0 Å². The van der Waals surface area contributed by atoms with Gasteiger partial charge in [0.05, 0.1) is 18.8 Å². The van der Waals surface area contributed by atoms with Gasteiger partial charge in [0.1, 0.15) is 5.78 Å². The summed E-state index contributed by atoms with van der Waals surface area (Å²) in [6, 6.07) is 0. The zero-order chi connectivity index (χ0) is 9.68. The minimum Gasteiger partial charge on any atom is -0.469 e. The smallest absolute Gasteiger partial charge is 0.306 e. The summed E-state index contributed by atoms with van der Waals surface area (Å²) < 4.78 is 4.50. The molecular formula is C9H14O3S. The molecule has 1 atom stereocenters. The highest BCUT2D eigenvalue weighted by molar-refractivity contribution is 8.00. The fraction of sp³-hybridized carbons (Fsp3) is 0.778. The molecule has 3 nitrogen and oxygen atoms in total. The maximum atomic E-state index is 11.2. The van der Waals surface area contributed by atoms with Gasteiger partial charge in [-0.05, 0) is 12.8 Å². The third-order valence-electron chi connectivity index (χ3n) is 2.10. The average Bonchev–Trinajstić information content (AvgIpc) is 2.52. The molecule has 1 rings (SSSR count). The van der Waals surface area contributed by atoms with Gasteiger partial charge < -0.3 is 4.74 Å². The minimum absolute atomic E-state index is 0.143. The maximum Gasteiger partial charge on any atom is 0.306 e. The van der Waals surface area contributed by atoms with Crippen LogP contribution in [0.2, 0.25) is 0 Å². The van der Waals surface area contributed by atoms with Crippen molar-refractivity contribution in [3.63, 3.8) is 0 Å². The summed E-state index contributed by atoms with van der Waals surface area (Å²) in [5, 5.41) is 0.143. The first-order valence-corrected chi connectivity index (χ1v) is 5.50. The second-order valence-corrected chi connectivity index (χ2v) is 4.35. The van der Waals surface area contributed by atoms with Gasteiger partial charge in [-0.15, -0.1) is 0 Å². The first-order chi connectivity index (χ1) is 6.24. The van der Waals surface area contributed by atoms with E-state index in [-0.39, 0.29) is 11.2 Å². The number of carbonyl (C=O) groups is 2. The number of thioether (sulfide) groups is 1. The van der Waals surface area contributed by atoms with E-state index in [1.54, 1.807) is 11.8 Å². The summed E-state index contributed by atoms with van der Waals surface area (Å²) in [4.78, 5) is 21.9. The van der Waals surface area contributed by atoms with Gasteiger partial charge in [0.2, 0.25) is 0 Å². The molecule has 74 valence electrons. The predicted molar refractivity (Wildman–Crippen MR) is 51.7 cm³/mol. The Labute approximate surface area is 82.2 Å². The van der Waals surface area contributed by atoms with Gasteiger partial charge in [-0.25, -0.2) is 0 Å². The van der Waals surface area contributed by atoms with Crippen molar-refractivity contribution in [1.29, 1.82) is 0 Å². The first kappa shape index (κ1) is 10.6. The van der Waals surface area contributed by atoms with Gasteiger partial charge in [-0.3, -0.25) is 9.59 Å². The van der Waals surface area contributed by atoms with E-state index >= 15 is 0 Å². The van der Waals surface area contributed by atoms with E-state index in [0.717, 1.165) is 19.3 Å². The van der Waals surface area contributed by atoms with Gasteiger partial charge in [0.25, 0.3) is 0 Å². The van der Waals surface area contributed by atoms with Crippen molar-refractivity contribution in [2.75, 3.05) is 12.9 Å². The summed E-state index contributed by atoms with van der Waals surface area (Å²) >= 11 is 1.59. The number of ketones is 1. The molecule has 1 aliphatic rings. The molecule has 0 aromatic heterocycles. The van der Waals surface area contributed by atoms with Crippen LogP contribution in [0.25, 0.3) is 0 Å². The fourth-order valence-corrected chi connectivity index (χ4v) is 2.55. The number of Topliss-reactive ketones (excluding diaryl/α,β-unsaturated/α-hetero) is 1. The number of hydrogen-bond donors (Lipinski definition) is 0. The van der Waals surface area contributed by atoms with Crippen molar-refractivity contribution >= 4 is 23.5 Å². The van der Waals surface area contributed by atoms with Gasteiger partial charge in [0, 0.05) is 12.2 Å². The molecule has 1 fully saturated rings. The number of hydrogen-bond acceptors (Lipinski definition) is 4. The van der Waals surface area contributed by atoms with Crippen molar-refractivity contribution in [2.45, 2.75) is 30.9 Å². The summed E-state index contributed by atoms with van der Waals surface area (Å²) in [5.41, 5.74) is 0. The Balaban J connectivity index is 2.12. The number of methoxy groups -OCH3 is 1. The Morgan fingerprint density at radius 1 is 1.69 bits per heavy atom. The lowest BCUT2D eigenvalue weighted by Gasteiger charge is -2.05. The van der Waals surface area contributed by atoms with Crippen molar-refractivity contribution in [3.05, 3.63) is 0 Å². The van der Waals surface area contributed by atoms with Crippen molar-refractivity contribution < 1.29 is 14.3 Å². The number of ether oxygens (including phenoxy) is 1. The average molecular weight is 202 g/mol. The topological polar surface area (TPSA) is 43.4 Å². The number of rotatable bonds is 4. The molecule has 0 aliphatic heterocycles. The molecule has 1 aliphatic carbocycles. The summed E-state index contributed by atoms with van der Waals surface area (Å²) in [6.45, 7) is 0. The monoisotopic (exact) mass is 202 g/mol. The van der Waals surface area contributed by atoms with Crippen LogP contribution in [0.4, 0.5) is 0 Å². The van der Waals surface area contributed by atoms with Crippen LogP contribution in [-0.4, -0.2) is 29.9 Å². The summed E-state index contributed by atoms with van der Waals surface area (Å²) in [5.74, 6) is 0.844. The van der Waals surface area contributed by atoms with Crippen LogP contribution in [-0.2, 0) is 14.3 Å². The molecule has 1 unspecified atom stereocenters. The summed E-state index contributed by atoms with van der Waals surface area (Å²) in [6.07, 6.45) is 3.11. The molecule has 0 amide bonds. The molecule has 0 N–H and O–H groups in total. The Morgan fingerprint density at radius 3 is 3.00 bits per heavy atom. The predicted octanol–water partition coefficient (Wildman–Crippen LogP) is 1.40. The molecule has 0 bridgehead atoms. The Kier molecular flexibility index (Phi) is 4.28. The van der Waals surface area contributed by atoms with E-state index in [1.165, 1.54) is 7.11 Å². The quantitative estimate of drug-likeness (QED) is 0.646. The van der Waals surface area contributed by atoms with Crippen LogP contribution in [0, 0.1) is 0 Å². The van der Waals surface area contributed by atoms with E-state index in [2.05, 4.69) is 4.74 Å². The lowest BCUT2D eigenvalue weighted by molar-refractivity contribution is -0.140. The molecule has 0 radical (unpaired) electrons. The number of esters is 1. The highest BCUT2D eigenvalue weighted by atomic mass is 32.2. The second-order valence-electron chi connectivity index (χ2n) is 3.04. The lowest BCUT2D eigenvalue weighted by atomic mass is 10.3. The first-order valence-electron chi connectivity index (χ1n) is 4.45. The van der Waals surface area contributed by atoms with Crippen LogP contribution >= 0.6 is 11.8 Å². The van der Waals surface area contributed by atoms with Crippen molar-refractivity contribution in [3.8, 4) is 0 Å². The zero-order valence-electron chi connectivity index (χ0n) is 7.75. The van der Waals surface area contributed by atoms with Gasteiger partial charge in [-0.1, -0.05) is 0 Å². The highest BCUT2D eigenvalue weighted by Gasteiger charge is 2.24. The normalized spacial score (nSPS) is 21.9. The molecule has 0 spiro atoms. The third-order valence-corrected chi connectivity index (χ3v) is 3.44. The molecule has 0 saturated heterocycles. The molecule has 4 heteroatoms. The van der Waals surface area contributed by atoms with E-state index in [9.17, 15) is 9.59 Å². The standard InChI is InChI=1S/C9H14O3S/c1-12-9(11)5-6-13-8-4-2-3-7(8)10/h8H,2-6H2,1H3. The van der Waals surface area contributed by atoms with Crippen LogP contribution in [0.15, 0.2) is 0 Å². The van der Waals surface area contributed by atoms with Crippen LogP contribution in [0.1, 0.15) is 25.7 Å². The van der Waals surface area contributed by atoms with Crippen LogP contribution in [0.5, 0.6) is 0 Å². The molecule has 0 aromatic carbocycles. The van der Waals surface area contributed by atoms with Gasteiger partial charge in [-0.2, -0.15) is 11.8 Å². The van der Waals surface area contributed by atoms with E-state index < -0.39 is 0 Å². The largest absolute Gasteiger partial charge is 0.469 e. The Morgan fingerprint density at radius 2 is 2.46 bits per heavy atom. The van der Waals surface area contributed by atoms with Gasteiger partial charge in [0.15, 0.2) is 0 Å². The molecular weight excluding hydrogens is 188 g/mol. The minimum atomic E-state index is -0.196. The lowest BCUT2D eigenvalue weighted by Crippen LogP contribution is -2.10. The third kappa shape index (κ3) is 3.38. The van der Waals surface area contributed by atoms with Crippen molar-refractivity contribution in [1.82, 2.24) is 0 Å². The van der Waals surface area contributed by atoms with E-state index in [0.29, 0.717) is 18.0 Å². The Bertz CT molecular complexity index is 203. The fourth-order valence-electron chi connectivity index (χ4n) is 1.35. The van der Waals surface area contributed by atoms with Crippen LogP contribution < -0.4 is 0 Å². The molecule has 0 heterocycles. The molecule has 1 saturated carbocycles. The molecule has 0 aromatic rings. The SMILES string of the molecule is COC(=O)CCSC1CCCC1=O. The van der Waals surface area contributed by atoms with Gasteiger partial charge >= 0.3 is 5.97 Å². The molecule has 13 heavy (non-hydrogen) atoms. The zero-order valence-corrected chi connectivity index (χ0v) is 8.56.